The van der Waals surface area contributed by atoms with Gasteiger partial charge >= 0.3 is 0 Å². The lowest BCUT2D eigenvalue weighted by Crippen LogP contribution is -2.02. The highest BCUT2D eigenvalue weighted by Gasteiger charge is 1.91. The second kappa shape index (κ2) is 4.60. The Hall–Kier alpha value is -1.38. The van der Waals surface area contributed by atoms with Crippen molar-refractivity contribution in [2.75, 3.05) is 11.9 Å². The number of nitrogens with zero attached hydrogens (tertiary/aromatic N) is 2. The van der Waals surface area contributed by atoms with Gasteiger partial charge in [-0.05, 0) is 26.3 Å². The topological polar surface area (TPSA) is 37.8 Å². The molecule has 0 atom stereocenters. The van der Waals surface area contributed by atoms with Crippen molar-refractivity contribution in [3.63, 3.8) is 0 Å². The van der Waals surface area contributed by atoms with E-state index in [4.69, 9.17) is 0 Å². The Morgan fingerprint density at radius 2 is 2.00 bits per heavy atom. The first-order valence-electron chi connectivity index (χ1n) is 4.34. The summed E-state index contributed by atoms with van der Waals surface area (Å²) in [5.41, 5.74) is 2.37. The van der Waals surface area contributed by atoms with Gasteiger partial charge in [-0.25, -0.2) is 9.97 Å². The predicted molar refractivity (Wildman–Crippen MR) is 54.7 cm³/mol. The maximum Gasteiger partial charge on any atom is 0.222 e. The number of allylic oxidation sites excluding steroid dienone is 1. The second-order valence-electron chi connectivity index (χ2n) is 3.25. The molecular weight excluding hydrogens is 162 g/mol. The van der Waals surface area contributed by atoms with Crippen LogP contribution in [0.15, 0.2) is 24.0 Å². The summed E-state index contributed by atoms with van der Waals surface area (Å²) in [5.74, 6) is 0.683. The molecule has 70 valence electrons. The summed E-state index contributed by atoms with van der Waals surface area (Å²) < 4.78 is 0. The van der Waals surface area contributed by atoms with Gasteiger partial charge < -0.3 is 5.32 Å². The number of hydrogen-bond donors (Lipinski definition) is 1. The zero-order chi connectivity index (χ0) is 9.68. The van der Waals surface area contributed by atoms with Gasteiger partial charge in [0.2, 0.25) is 5.95 Å². The van der Waals surface area contributed by atoms with E-state index in [2.05, 4.69) is 35.2 Å². The molecule has 1 N–H and O–H groups in total. The third kappa shape index (κ3) is 3.69. The number of hydrogen-bond acceptors (Lipinski definition) is 3. The molecule has 1 heterocycles. The van der Waals surface area contributed by atoms with E-state index in [1.165, 1.54) is 5.57 Å². The molecule has 0 aliphatic carbocycles. The highest BCUT2D eigenvalue weighted by Crippen LogP contribution is 1.98. The molecule has 0 aromatic carbocycles. The summed E-state index contributed by atoms with van der Waals surface area (Å²) in [5, 5.41) is 3.10. The lowest BCUT2D eigenvalue weighted by atomic mass is 10.3. The Labute approximate surface area is 78.9 Å². The van der Waals surface area contributed by atoms with Crippen molar-refractivity contribution in [3.8, 4) is 0 Å². The lowest BCUT2D eigenvalue weighted by Gasteiger charge is -2.00. The van der Waals surface area contributed by atoms with Crippen LogP contribution in [-0.2, 0) is 0 Å². The number of aromatic nitrogens is 2. The average molecular weight is 177 g/mol. The zero-order valence-electron chi connectivity index (χ0n) is 8.33. The first-order chi connectivity index (χ1) is 6.18. The van der Waals surface area contributed by atoms with Crippen molar-refractivity contribution >= 4 is 5.95 Å². The molecule has 0 radical (unpaired) electrons. The van der Waals surface area contributed by atoms with Crippen molar-refractivity contribution in [1.82, 2.24) is 9.97 Å². The van der Waals surface area contributed by atoms with Gasteiger partial charge in [0.05, 0.1) is 0 Å². The van der Waals surface area contributed by atoms with Crippen molar-refractivity contribution in [3.05, 3.63) is 29.6 Å². The SMILES string of the molecule is CC(C)=CCNc1ncc(C)cn1. The van der Waals surface area contributed by atoms with E-state index in [0.717, 1.165) is 12.1 Å². The summed E-state index contributed by atoms with van der Waals surface area (Å²) in [7, 11) is 0. The van der Waals surface area contributed by atoms with Crippen LogP contribution in [-0.4, -0.2) is 16.5 Å². The molecule has 1 aromatic rings. The predicted octanol–water partition coefficient (Wildman–Crippen LogP) is 2.16. The number of nitrogens with one attached hydrogen (secondary N) is 1. The highest BCUT2D eigenvalue weighted by atomic mass is 15.1. The minimum atomic E-state index is 0.683. The maximum atomic E-state index is 4.12. The fourth-order valence-electron chi connectivity index (χ4n) is 0.830. The van der Waals surface area contributed by atoms with Crippen LogP contribution in [0.3, 0.4) is 0 Å². The van der Waals surface area contributed by atoms with E-state index in [9.17, 15) is 0 Å². The first kappa shape index (κ1) is 9.71. The summed E-state index contributed by atoms with van der Waals surface area (Å²) in [4.78, 5) is 8.25. The van der Waals surface area contributed by atoms with Gasteiger partial charge in [-0.2, -0.15) is 0 Å². The molecular formula is C10H15N3. The van der Waals surface area contributed by atoms with Crippen molar-refractivity contribution in [2.45, 2.75) is 20.8 Å². The minimum absolute atomic E-state index is 0.683. The third-order valence-corrected chi connectivity index (χ3v) is 1.55. The molecule has 0 amide bonds. The van der Waals surface area contributed by atoms with Crippen LogP contribution in [0.25, 0.3) is 0 Å². The Kier molecular flexibility index (Phi) is 3.43. The standard InChI is InChI=1S/C10H15N3/c1-8(2)4-5-11-10-12-6-9(3)7-13-10/h4,6-7H,5H2,1-3H3,(H,11,12,13). The summed E-state index contributed by atoms with van der Waals surface area (Å²) in [6.45, 7) is 6.89. The first-order valence-corrected chi connectivity index (χ1v) is 4.34. The number of rotatable bonds is 3. The van der Waals surface area contributed by atoms with Crippen molar-refractivity contribution < 1.29 is 0 Å². The number of anilines is 1. The van der Waals surface area contributed by atoms with Crippen LogP contribution in [0.4, 0.5) is 5.95 Å². The Morgan fingerprint density at radius 3 is 2.54 bits per heavy atom. The molecule has 1 aromatic heterocycles. The highest BCUT2D eigenvalue weighted by molar-refractivity contribution is 5.25. The quantitative estimate of drug-likeness (QED) is 0.719. The van der Waals surface area contributed by atoms with E-state index in [1.54, 1.807) is 12.4 Å². The molecule has 3 heteroatoms. The summed E-state index contributed by atoms with van der Waals surface area (Å²) in [6.07, 6.45) is 5.71. The normalized spacial score (nSPS) is 9.46. The van der Waals surface area contributed by atoms with E-state index in [0.29, 0.717) is 5.95 Å². The smallest absolute Gasteiger partial charge is 0.222 e. The van der Waals surface area contributed by atoms with Gasteiger partial charge in [-0.15, -0.1) is 0 Å². The molecule has 0 spiro atoms. The maximum absolute atomic E-state index is 4.12. The van der Waals surface area contributed by atoms with Gasteiger partial charge in [-0.1, -0.05) is 11.6 Å². The molecule has 0 unspecified atom stereocenters. The molecule has 0 bridgehead atoms. The fourth-order valence-corrected chi connectivity index (χ4v) is 0.830. The van der Waals surface area contributed by atoms with E-state index >= 15 is 0 Å². The van der Waals surface area contributed by atoms with Gasteiger partial charge in [0.1, 0.15) is 0 Å². The molecule has 0 saturated heterocycles. The largest absolute Gasteiger partial charge is 0.351 e. The Morgan fingerprint density at radius 1 is 1.38 bits per heavy atom. The monoisotopic (exact) mass is 177 g/mol. The van der Waals surface area contributed by atoms with Crippen molar-refractivity contribution in [2.24, 2.45) is 0 Å². The molecule has 1 rings (SSSR count). The van der Waals surface area contributed by atoms with Gasteiger partial charge in [0.15, 0.2) is 0 Å². The van der Waals surface area contributed by atoms with E-state index < -0.39 is 0 Å². The Balaban J connectivity index is 2.46. The van der Waals surface area contributed by atoms with Crippen LogP contribution in [0.5, 0.6) is 0 Å². The summed E-state index contributed by atoms with van der Waals surface area (Å²) in [6, 6.07) is 0. The molecule has 0 fully saturated rings. The molecule has 3 nitrogen and oxygen atoms in total. The van der Waals surface area contributed by atoms with Gasteiger partial charge in [0.25, 0.3) is 0 Å². The fraction of sp³-hybridized carbons (Fsp3) is 0.400. The molecule has 0 aliphatic heterocycles. The zero-order valence-corrected chi connectivity index (χ0v) is 8.33. The second-order valence-corrected chi connectivity index (χ2v) is 3.25. The van der Waals surface area contributed by atoms with Crippen molar-refractivity contribution in [1.29, 1.82) is 0 Å². The lowest BCUT2D eigenvalue weighted by molar-refractivity contribution is 1.09. The van der Waals surface area contributed by atoms with Crippen LogP contribution in [0.1, 0.15) is 19.4 Å². The number of aryl methyl sites for hydroxylation is 1. The van der Waals surface area contributed by atoms with Crippen LogP contribution in [0, 0.1) is 6.92 Å². The van der Waals surface area contributed by atoms with Crippen LogP contribution < -0.4 is 5.32 Å². The Bertz CT molecular complexity index is 284. The van der Waals surface area contributed by atoms with Crippen LogP contribution >= 0.6 is 0 Å². The van der Waals surface area contributed by atoms with E-state index in [1.807, 2.05) is 6.92 Å². The average Bonchev–Trinajstić information content (AvgIpc) is 2.08. The van der Waals surface area contributed by atoms with Gasteiger partial charge in [-0.3, -0.25) is 0 Å². The van der Waals surface area contributed by atoms with E-state index in [-0.39, 0.29) is 0 Å². The third-order valence-electron chi connectivity index (χ3n) is 1.55. The van der Waals surface area contributed by atoms with Crippen LogP contribution in [0.2, 0.25) is 0 Å². The molecule has 13 heavy (non-hydrogen) atoms. The summed E-state index contributed by atoms with van der Waals surface area (Å²) >= 11 is 0. The van der Waals surface area contributed by atoms with Gasteiger partial charge in [0, 0.05) is 18.9 Å². The molecule has 0 aliphatic rings. The molecule has 0 saturated carbocycles. The minimum Gasteiger partial charge on any atom is -0.351 e.